The van der Waals surface area contributed by atoms with Crippen LogP contribution in [0.2, 0.25) is 0 Å². The summed E-state index contributed by atoms with van der Waals surface area (Å²) in [5, 5.41) is 0.862. The Morgan fingerprint density at radius 1 is 0.964 bits per heavy atom. The summed E-state index contributed by atoms with van der Waals surface area (Å²) in [7, 11) is 2.59. The number of para-hydroxylation sites is 1. The lowest BCUT2D eigenvalue weighted by molar-refractivity contribution is -0.158. The van der Waals surface area contributed by atoms with Crippen LogP contribution < -0.4 is 0 Å². The maximum absolute atomic E-state index is 13.0. The second kappa shape index (κ2) is 7.30. The van der Waals surface area contributed by atoms with Gasteiger partial charge in [0.2, 0.25) is 0 Å². The fourth-order valence-corrected chi connectivity index (χ4v) is 3.83. The number of ether oxygens (including phenoxy) is 3. The summed E-state index contributed by atoms with van der Waals surface area (Å²) in [6.45, 7) is 5.40. The molecular weight excluding hydrogens is 362 g/mol. The van der Waals surface area contributed by atoms with E-state index in [0.29, 0.717) is 11.2 Å². The number of fused-ring (bicyclic) bond motifs is 3. The predicted octanol–water partition coefficient (Wildman–Crippen LogP) is 3.10. The summed E-state index contributed by atoms with van der Waals surface area (Å²) in [6, 6.07) is 7.45. The summed E-state index contributed by atoms with van der Waals surface area (Å²) in [5.74, 6) is -2.35. The van der Waals surface area contributed by atoms with Crippen molar-refractivity contribution < 1.29 is 28.6 Å². The van der Waals surface area contributed by atoms with E-state index in [1.54, 1.807) is 20.8 Å². The van der Waals surface area contributed by atoms with Crippen molar-refractivity contribution in [3.63, 3.8) is 0 Å². The minimum absolute atomic E-state index is 0.190. The van der Waals surface area contributed by atoms with Gasteiger partial charge < -0.3 is 14.2 Å². The molecule has 150 valence electrons. The summed E-state index contributed by atoms with van der Waals surface area (Å²) < 4.78 is 16.9. The Hall–Kier alpha value is -2.83. The van der Waals surface area contributed by atoms with Crippen molar-refractivity contribution in [3.8, 4) is 0 Å². The zero-order valence-electron chi connectivity index (χ0n) is 16.8. The fourth-order valence-electron chi connectivity index (χ4n) is 3.83. The highest BCUT2D eigenvalue weighted by Gasteiger charge is 2.42. The Kier molecular flexibility index (Phi) is 5.19. The normalized spacial score (nSPS) is 19.0. The lowest BCUT2D eigenvalue weighted by Crippen LogP contribution is -2.39. The maximum Gasteiger partial charge on any atom is 0.419 e. The zero-order chi connectivity index (χ0) is 20.6. The third kappa shape index (κ3) is 3.48. The smallest absolute Gasteiger partial charge is 0.419 e. The van der Waals surface area contributed by atoms with E-state index in [0.717, 1.165) is 10.9 Å². The molecular formula is C21H25NO6. The monoisotopic (exact) mass is 387 g/mol. The van der Waals surface area contributed by atoms with Crippen molar-refractivity contribution in [1.29, 1.82) is 0 Å². The van der Waals surface area contributed by atoms with Crippen LogP contribution in [0.15, 0.2) is 24.3 Å². The van der Waals surface area contributed by atoms with Gasteiger partial charge in [-0.3, -0.25) is 9.59 Å². The van der Waals surface area contributed by atoms with Gasteiger partial charge in [0.05, 0.1) is 31.6 Å². The highest BCUT2D eigenvalue weighted by Crippen LogP contribution is 2.38. The minimum Gasteiger partial charge on any atom is -0.469 e. The summed E-state index contributed by atoms with van der Waals surface area (Å²) in [4.78, 5) is 37.7. The molecule has 0 bridgehead atoms. The molecule has 0 saturated heterocycles. The van der Waals surface area contributed by atoms with Crippen LogP contribution in [0, 0.1) is 11.8 Å². The van der Waals surface area contributed by atoms with E-state index in [-0.39, 0.29) is 12.8 Å². The van der Waals surface area contributed by atoms with Crippen LogP contribution in [-0.4, -0.2) is 42.4 Å². The largest absolute Gasteiger partial charge is 0.469 e. The molecule has 0 saturated carbocycles. The van der Waals surface area contributed by atoms with Crippen molar-refractivity contribution in [1.82, 2.24) is 4.57 Å². The van der Waals surface area contributed by atoms with Crippen molar-refractivity contribution in [3.05, 3.63) is 35.5 Å². The number of nitrogens with zero attached hydrogens (tertiary/aromatic N) is 1. The second-order valence-electron chi connectivity index (χ2n) is 7.93. The van der Waals surface area contributed by atoms with E-state index in [9.17, 15) is 14.4 Å². The quantitative estimate of drug-likeness (QED) is 0.582. The van der Waals surface area contributed by atoms with Crippen molar-refractivity contribution >= 4 is 28.9 Å². The number of esters is 2. The second-order valence-corrected chi connectivity index (χ2v) is 7.93. The molecule has 2 atom stereocenters. The molecule has 0 aliphatic heterocycles. The number of hydrogen-bond donors (Lipinski definition) is 0. The van der Waals surface area contributed by atoms with E-state index in [1.807, 2.05) is 24.3 Å². The van der Waals surface area contributed by atoms with Gasteiger partial charge in [-0.1, -0.05) is 18.2 Å². The predicted molar refractivity (Wildman–Crippen MR) is 102 cm³/mol. The molecule has 7 heteroatoms. The zero-order valence-corrected chi connectivity index (χ0v) is 16.8. The first-order valence-electron chi connectivity index (χ1n) is 9.18. The molecule has 1 heterocycles. The molecule has 1 aromatic heterocycles. The molecule has 0 radical (unpaired) electrons. The molecule has 1 aromatic carbocycles. The van der Waals surface area contributed by atoms with Crippen molar-refractivity contribution in [2.75, 3.05) is 14.2 Å². The SMILES string of the molecule is COC(=O)C1Cc2c(n(C(=O)OC(C)(C)C)c3ccccc23)CC1C(=O)OC. The average molecular weight is 387 g/mol. The highest BCUT2D eigenvalue weighted by atomic mass is 16.6. The van der Waals surface area contributed by atoms with E-state index in [1.165, 1.54) is 18.8 Å². The van der Waals surface area contributed by atoms with Gasteiger partial charge in [-0.2, -0.15) is 0 Å². The third-order valence-corrected chi connectivity index (χ3v) is 5.00. The average Bonchev–Trinajstić information content (AvgIpc) is 2.98. The molecule has 1 aliphatic rings. The Morgan fingerprint density at radius 2 is 1.54 bits per heavy atom. The van der Waals surface area contributed by atoms with E-state index >= 15 is 0 Å². The molecule has 7 nitrogen and oxygen atoms in total. The lowest BCUT2D eigenvalue weighted by Gasteiger charge is -2.29. The number of hydrogen-bond acceptors (Lipinski definition) is 6. The summed E-state index contributed by atoms with van der Waals surface area (Å²) >= 11 is 0. The number of carbonyl (C=O) groups is 3. The number of benzene rings is 1. The van der Waals surface area contributed by atoms with Gasteiger partial charge in [0, 0.05) is 17.5 Å². The highest BCUT2D eigenvalue weighted by molar-refractivity contribution is 5.95. The Balaban J connectivity index is 2.18. The number of carbonyl (C=O) groups excluding carboxylic acids is 3. The van der Waals surface area contributed by atoms with Gasteiger partial charge in [-0.25, -0.2) is 9.36 Å². The molecule has 2 aromatic rings. The van der Waals surface area contributed by atoms with Gasteiger partial charge in [-0.05, 0) is 38.8 Å². The van der Waals surface area contributed by atoms with Crippen LogP contribution >= 0.6 is 0 Å². The van der Waals surface area contributed by atoms with Crippen LogP contribution in [0.1, 0.15) is 32.0 Å². The standard InChI is InChI=1S/C21H25NO6/c1-21(2,3)28-20(25)22-16-9-7-6-8-12(16)13-10-14(18(23)26-4)15(11-17(13)22)19(24)27-5/h6-9,14-15H,10-11H2,1-5H3. The van der Waals surface area contributed by atoms with Gasteiger partial charge in [0.25, 0.3) is 0 Å². The van der Waals surface area contributed by atoms with Crippen LogP contribution in [-0.2, 0) is 36.6 Å². The van der Waals surface area contributed by atoms with E-state index < -0.39 is 35.5 Å². The molecule has 2 unspecified atom stereocenters. The molecule has 0 N–H and O–H groups in total. The summed E-state index contributed by atoms with van der Waals surface area (Å²) in [6.07, 6.45) is -0.0292. The van der Waals surface area contributed by atoms with E-state index in [4.69, 9.17) is 14.2 Å². The number of rotatable bonds is 2. The van der Waals surface area contributed by atoms with Gasteiger partial charge >= 0.3 is 18.0 Å². The third-order valence-electron chi connectivity index (χ3n) is 5.00. The van der Waals surface area contributed by atoms with Crippen LogP contribution in [0.4, 0.5) is 4.79 Å². The Bertz CT molecular complexity index is 936. The molecule has 3 rings (SSSR count). The minimum atomic E-state index is -0.726. The first kappa shape index (κ1) is 19.9. The molecule has 0 amide bonds. The van der Waals surface area contributed by atoms with Crippen LogP contribution in [0.25, 0.3) is 10.9 Å². The van der Waals surface area contributed by atoms with Gasteiger partial charge in [0.15, 0.2) is 0 Å². The first-order valence-corrected chi connectivity index (χ1v) is 9.18. The molecule has 0 fully saturated rings. The molecule has 0 spiro atoms. The topological polar surface area (TPSA) is 83.8 Å². The Labute approximate surface area is 163 Å². The van der Waals surface area contributed by atoms with Crippen molar-refractivity contribution in [2.24, 2.45) is 11.8 Å². The number of methoxy groups -OCH3 is 2. The van der Waals surface area contributed by atoms with Gasteiger partial charge in [-0.15, -0.1) is 0 Å². The Morgan fingerprint density at radius 3 is 2.11 bits per heavy atom. The number of aromatic nitrogens is 1. The van der Waals surface area contributed by atoms with E-state index in [2.05, 4.69) is 0 Å². The van der Waals surface area contributed by atoms with Crippen LogP contribution in [0.3, 0.4) is 0 Å². The molecule has 28 heavy (non-hydrogen) atoms. The molecule has 1 aliphatic carbocycles. The van der Waals surface area contributed by atoms with Crippen LogP contribution in [0.5, 0.6) is 0 Å². The first-order chi connectivity index (χ1) is 13.2. The maximum atomic E-state index is 13.0. The van der Waals surface area contributed by atoms with Crippen molar-refractivity contribution in [2.45, 2.75) is 39.2 Å². The lowest BCUT2D eigenvalue weighted by atomic mass is 9.77. The fraction of sp³-hybridized carbons (Fsp3) is 0.476. The summed E-state index contributed by atoms with van der Waals surface area (Å²) in [5.41, 5.74) is 1.55. The van der Waals surface area contributed by atoms with Gasteiger partial charge in [0.1, 0.15) is 5.60 Å².